The second-order valence-corrected chi connectivity index (χ2v) is 17.8. The molecule has 0 bridgehead atoms. The van der Waals surface area contributed by atoms with Gasteiger partial charge in [-0.3, -0.25) is 0 Å². The van der Waals surface area contributed by atoms with E-state index < -0.39 is 5.97 Å². The molecule has 5 aromatic rings. The summed E-state index contributed by atoms with van der Waals surface area (Å²) in [5, 5.41) is 2.12. The fourth-order valence-corrected chi connectivity index (χ4v) is 8.01. The first-order chi connectivity index (χ1) is 33.5. The summed E-state index contributed by atoms with van der Waals surface area (Å²) in [7, 11) is 0. The molecule has 1 fully saturated rings. The number of fused-ring (bicyclic) bond motifs is 1. The standard InChI is InChI=1S/C32H42O5.C27H28O5/c1-4-9-25-10-12-26(13-11-25)27-14-20-30(21-15-27)37-32(34)28-16-18-29(19-17-28)35-22-7-5-6-8-23-36-31(33)24(2)3;1-20(2)26(28)31-18-8-4-3-7-17-30-24-14-12-22(13-15-24)27(29)32-25-16-11-21-9-5-6-10-23(21)19-25/h14-21,25-26H,2,4-13,22-23H2,1,3H3;5-6,9-16,19H,1,3-4,7-8,17-18H2,2H3. The van der Waals surface area contributed by atoms with Crippen LogP contribution in [0.4, 0.5) is 0 Å². The number of benzene rings is 5. The van der Waals surface area contributed by atoms with Crippen molar-refractivity contribution >= 4 is 34.6 Å². The van der Waals surface area contributed by atoms with Gasteiger partial charge in [0.2, 0.25) is 0 Å². The van der Waals surface area contributed by atoms with E-state index in [2.05, 4.69) is 32.2 Å². The van der Waals surface area contributed by atoms with E-state index in [1.54, 1.807) is 68.4 Å². The van der Waals surface area contributed by atoms with Gasteiger partial charge in [0.15, 0.2) is 0 Å². The van der Waals surface area contributed by atoms with E-state index in [-0.39, 0.29) is 17.9 Å². The van der Waals surface area contributed by atoms with Crippen LogP contribution < -0.4 is 18.9 Å². The molecule has 69 heavy (non-hydrogen) atoms. The van der Waals surface area contributed by atoms with Crippen molar-refractivity contribution in [3.05, 3.63) is 156 Å². The Balaban J connectivity index is 0.000000260. The summed E-state index contributed by atoms with van der Waals surface area (Å²) in [5.41, 5.74) is 3.16. The van der Waals surface area contributed by atoms with Crippen molar-refractivity contribution in [2.75, 3.05) is 26.4 Å². The molecule has 0 radical (unpaired) electrons. The van der Waals surface area contributed by atoms with Crippen molar-refractivity contribution in [3.8, 4) is 23.0 Å². The van der Waals surface area contributed by atoms with E-state index in [4.69, 9.17) is 28.4 Å². The van der Waals surface area contributed by atoms with Gasteiger partial charge in [-0.2, -0.15) is 0 Å². The molecule has 0 aromatic heterocycles. The lowest BCUT2D eigenvalue weighted by Crippen LogP contribution is -2.13. The van der Waals surface area contributed by atoms with Gasteiger partial charge in [-0.05, 0) is 192 Å². The molecule has 0 aliphatic heterocycles. The number of carbonyl (C=O) groups is 4. The quantitative estimate of drug-likeness (QED) is 0.0242. The fraction of sp³-hybridized carbons (Fsp3) is 0.390. The van der Waals surface area contributed by atoms with E-state index in [9.17, 15) is 19.2 Å². The van der Waals surface area contributed by atoms with Gasteiger partial charge in [0.05, 0.1) is 37.6 Å². The van der Waals surface area contributed by atoms with Crippen LogP contribution in [0.3, 0.4) is 0 Å². The molecule has 0 saturated heterocycles. The molecule has 0 amide bonds. The second-order valence-electron chi connectivity index (χ2n) is 17.8. The van der Waals surface area contributed by atoms with Crippen LogP contribution >= 0.6 is 0 Å². The maximum atomic E-state index is 12.6. The molecule has 1 aliphatic carbocycles. The number of hydrogen-bond acceptors (Lipinski definition) is 10. The van der Waals surface area contributed by atoms with Crippen LogP contribution in [0.2, 0.25) is 0 Å². The SMILES string of the molecule is C=C(C)C(=O)OCCCCCCOc1ccc(C(=O)Oc2ccc(C3CCC(CCC)CC3)cc2)cc1.C=C(C)C(=O)OCCCCCCOc1ccc(C(=O)Oc2ccc3ccccc3c2)cc1. The highest BCUT2D eigenvalue weighted by atomic mass is 16.5. The summed E-state index contributed by atoms with van der Waals surface area (Å²) in [6.07, 6.45) is 15.2. The van der Waals surface area contributed by atoms with E-state index in [1.807, 2.05) is 48.5 Å². The van der Waals surface area contributed by atoms with E-state index >= 15 is 0 Å². The maximum absolute atomic E-state index is 12.6. The monoisotopic (exact) mass is 938 g/mol. The Labute approximate surface area is 409 Å². The van der Waals surface area contributed by atoms with Crippen LogP contribution in [0.25, 0.3) is 10.8 Å². The Hall–Kier alpha value is -6.68. The minimum Gasteiger partial charge on any atom is -0.494 e. The predicted molar refractivity (Wildman–Crippen MR) is 272 cm³/mol. The fourth-order valence-electron chi connectivity index (χ4n) is 8.01. The zero-order valence-corrected chi connectivity index (χ0v) is 40.8. The van der Waals surface area contributed by atoms with Gasteiger partial charge in [-0.1, -0.05) is 75.4 Å². The molecule has 0 heterocycles. The summed E-state index contributed by atoms with van der Waals surface area (Å²) in [5.74, 6) is 2.61. The van der Waals surface area contributed by atoms with Gasteiger partial charge < -0.3 is 28.4 Å². The number of carbonyl (C=O) groups excluding carboxylic acids is 4. The molecule has 5 aromatic carbocycles. The number of rotatable bonds is 25. The predicted octanol–water partition coefficient (Wildman–Crippen LogP) is 14.2. The van der Waals surface area contributed by atoms with Crippen molar-refractivity contribution in [1.82, 2.24) is 0 Å². The first-order valence-electron chi connectivity index (χ1n) is 24.6. The first-order valence-corrected chi connectivity index (χ1v) is 24.6. The number of unbranched alkanes of at least 4 members (excludes halogenated alkanes) is 6. The summed E-state index contributed by atoms with van der Waals surface area (Å²) in [6, 6.07) is 35.6. The van der Waals surface area contributed by atoms with Gasteiger partial charge in [0, 0.05) is 11.1 Å². The van der Waals surface area contributed by atoms with Crippen molar-refractivity contribution < 1.29 is 47.6 Å². The highest BCUT2D eigenvalue weighted by molar-refractivity contribution is 5.92. The molecule has 0 spiro atoms. The number of ether oxygens (including phenoxy) is 6. The summed E-state index contributed by atoms with van der Waals surface area (Å²) >= 11 is 0. The molecule has 10 nitrogen and oxygen atoms in total. The zero-order valence-electron chi connectivity index (χ0n) is 40.8. The lowest BCUT2D eigenvalue weighted by molar-refractivity contribution is -0.139. The summed E-state index contributed by atoms with van der Waals surface area (Å²) < 4.78 is 32.7. The lowest BCUT2D eigenvalue weighted by atomic mass is 9.77. The molecule has 366 valence electrons. The average Bonchev–Trinajstić information content (AvgIpc) is 3.36. The van der Waals surface area contributed by atoms with Crippen LogP contribution in [0.5, 0.6) is 23.0 Å². The summed E-state index contributed by atoms with van der Waals surface area (Å²) in [4.78, 5) is 47.6. The van der Waals surface area contributed by atoms with Crippen molar-refractivity contribution in [2.45, 2.75) is 117 Å². The van der Waals surface area contributed by atoms with Gasteiger partial charge in [-0.25, -0.2) is 19.2 Å². The Morgan fingerprint density at radius 1 is 0.493 bits per heavy atom. The Morgan fingerprint density at radius 2 is 0.928 bits per heavy atom. The minimum atomic E-state index is -0.404. The van der Waals surface area contributed by atoms with Crippen molar-refractivity contribution in [2.24, 2.45) is 5.92 Å². The van der Waals surface area contributed by atoms with Crippen LogP contribution in [0.15, 0.2) is 140 Å². The number of hydrogen-bond donors (Lipinski definition) is 0. The molecule has 1 saturated carbocycles. The van der Waals surface area contributed by atoms with Crippen LogP contribution in [-0.2, 0) is 19.1 Å². The van der Waals surface area contributed by atoms with E-state index in [1.165, 1.54) is 44.1 Å². The largest absolute Gasteiger partial charge is 0.494 e. The smallest absolute Gasteiger partial charge is 0.343 e. The maximum Gasteiger partial charge on any atom is 0.343 e. The summed E-state index contributed by atoms with van der Waals surface area (Å²) in [6.45, 7) is 14.7. The molecule has 6 rings (SSSR count). The zero-order chi connectivity index (χ0) is 49.2. The van der Waals surface area contributed by atoms with Crippen LogP contribution in [0.1, 0.15) is 143 Å². The molecular weight excluding hydrogens is 869 g/mol. The average molecular weight is 939 g/mol. The van der Waals surface area contributed by atoms with Gasteiger partial charge in [0.25, 0.3) is 0 Å². The molecule has 0 N–H and O–H groups in total. The third-order valence-corrected chi connectivity index (χ3v) is 12.0. The molecular formula is C59H70O10. The first kappa shape index (κ1) is 53.3. The third-order valence-electron chi connectivity index (χ3n) is 12.0. The van der Waals surface area contributed by atoms with Gasteiger partial charge in [-0.15, -0.1) is 0 Å². The minimum absolute atomic E-state index is 0.330. The van der Waals surface area contributed by atoms with Gasteiger partial charge >= 0.3 is 23.9 Å². The number of esters is 4. The topological polar surface area (TPSA) is 124 Å². The molecule has 1 aliphatic rings. The highest BCUT2D eigenvalue weighted by Crippen LogP contribution is 2.38. The van der Waals surface area contributed by atoms with E-state index in [0.29, 0.717) is 71.9 Å². The lowest BCUT2D eigenvalue weighted by Gasteiger charge is -2.28. The molecule has 10 heteroatoms. The van der Waals surface area contributed by atoms with Crippen LogP contribution in [-0.4, -0.2) is 50.3 Å². The van der Waals surface area contributed by atoms with Crippen LogP contribution in [0, 0.1) is 5.92 Å². The Morgan fingerprint density at radius 3 is 1.41 bits per heavy atom. The normalized spacial score (nSPS) is 14.1. The Kier molecular flexibility index (Phi) is 22.6. The Bertz CT molecular complexity index is 2390. The van der Waals surface area contributed by atoms with E-state index in [0.717, 1.165) is 73.8 Å². The molecule has 0 unspecified atom stereocenters. The third kappa shape index (κ3) is 19.1. The second kappa shape index (κ2) is 29.3. The highest BCUT2D eigenvalue weighted by Gasteiger charge is 2.22. The van der Waals surface area contributed by atoms with Crippen molar-refractivity contribution in [1.29, 1.82) is 0 Å². The molecule has 0 atom stereocenters. The van der Waals surface area contributed by atoms with Gasteiger partial charge in [0.1, 0.15) is 23.0 Å². The van der Waals surface area contributed by atoms with Crippen molar-refractivity contribution in [3.63, 3.8) is 0 Å².